The molecular weight excluding hydrogens is 228 g/mol. The maximum Gasteiger partial charge on any atom is 0.0802 e. The van der Waals surface area contributed by atoms with Gasteiger partial charge in [-0.15, -0.1) is 0 Å². The van der Waals surface area contributed by atoms with E-state index in [0.29, 0.717) is 25.2 Å². The first-order valence-corrected chi connectivity index (χ1v) is 6.74. The van der Waals surface area contributed by atoms with Gasteiger partial charge in [0.2, 0.25) is 0 Å². The number of hydrogen-bond acceptors (Lipinski definition) is 3. The summed E-state index contributed by atoms with van der Waals surface area (Å²) < 4.78 is 0. The van der Waals surface area contributed by atoms with Gasteiger partial charge in [0.1, 0.15) is 0 Å². The molecule has 0 saturated heterocycles. The van der Waals surface area contributed by atoms with E-state index >= 15 is 0 Å². The minimum absolute atomic E-state index is 0.00419. The maximum atomic E-state index is 10.2. The third kappa shape index (κ3) is 4.56. The van der Waals surface area contributed by atoms with Gasteiger partial charge in [0.25, 0.3) is 0 Å². The Morgan fingerprint density at radius 2 is 2.11 bits per heavy atom. The van der Waals surface area contributed by atoms with Gasteiger partial charge in [0.15, 0.2) is 0 Å². The Balaban J connectivity index is 2.95. The molecule has 0 fully saturated rings. The molecule has 3 atom stereocenters. The van der Waals surface area contributed by atoms with Gasteiger partial charge in [-0.3, -0.25) is 0 Å². The lowest BCUT2D eigenvalue weighted by atomic mass is 9.84. The molecule has 0 saturated carbocycles. The standard InChI is InChI=1S/C15H26O3/c1-11(2)13-6-8-15(3,18)7-4-5-12(10-16)9-14(13)17/h5-6,8,11,13-14,16-18H,4,7,9-10H2,1-3H3/b8-6-,12-5+/t13-,14+,15+/m0/s1. The highest BCUT2D eigenvalue weighted by molar-refractivity contribution is 5.11. The number of rotatable bonds is 2. The molecule has 1 aliphatic rings. The van der Waals surface area contributed by atoms with E-state index in [2.05, 4.69) is 13.8 Å². The lowest BCUT2D eigenvalue weighted by molar-refractivity contribution is 0.0891. The summed E-state index contributed by atoms with van der Waals surface area (Å²) in [5.74, 6) is 0.302. The zero-order valence-corrected chi connectivity index (χ0v) is 11.6. The van der Waals surface area contributed by atoms with E-state index in [4.69, 9.17) is 0 Å². The van der Waals surface area contributed by atoms with Crippen molar-refractivity contribution in [3.63, 3.8) is 0 Å². The van der Waals surface area contributed by atoms with Gasteiger partial charge >= 0.3 is 0 Å². The quantitative estimate of drug-likeness (QED) is 0.661. The largest absolute Gasteiger partial charge is 0.392 e. The predicted octanol–water partition coefficient (Wildman–Crippen LogP) is 2.03. The van der Waals surface area contributed by atoms with Crippen molar-refractivity contribution in [2.45, 2.75) is 51.7 Å². The van der Waals surface area contributed by atoms with Crippen LogP contribution < -0.4 is 0 Å². The molecule has 3 nitrogen and oxygen atoms in total. The monoisotopic (exact) mass is 254 g/mol. The van der Waals surface area contributed by atoms with Crippen molar-refractivity contribution in [2.75, 3.05) is 6.61 Å². The Bertz CT molecular complexity index is 316. The van der Waals surface area contributed by atoms with E-state index in [0.717, 1.165) is 5.57 Å². The average molecular weight is 254 g/mol. The van der Waals surface area contributed by atoms with Crippen LogP contribution in [0, 0.1) is 11.8 Å². The SMILES string of the molecule is CC(C)[C@@H]1/C=C\[C@](C)(O)CC/C=C(/CO)C[C@H]1O. The van der Waals surface area contributed by atoms with Crippen LogP contribution >= 0.6 is 0 Å². The lowest BCUT2D eigenvalue weighted by Gasteiger charge is -2.27. The molecule has 3 heteroatoms. The summed E-state index contributed by atoms with van der Waals surface area (Å²) in [6, 6.07) is 0. The van der Waals surface area contributed by atoms with Gasteiger partial charge in [0, 0.05) is 5.92 Å². The second-order valence-corrected chi connectivity index (χ2v) is 5.87. The molecule has 0 unspecified atom stereocenters. The third-order valence-electron chi connectivity index (χ3n) is 3.65. The minimum atomic E-state index is -0.846. The molecule has 0 aromatic rings. The molecule has 0 spiro atoms. The van der Waals surface area contributed by atoms with Crippen molar-refractivity contribution in [1.82, 2.24) is 0 Å². The van der Waals surface area contributed by atoms with Crippen LogP contribution in [0.5, 0.6) is 0 Å². The van der Waals surface area contributed by atoms with Crippen molar-refractivity contribution in [2.24, 2.45) is 11.8 Å². The smallest absolute Gasteiger partial charge is 0.0802 e. The van der Waals surface area contributed by atoms with Crippen LogP contribution in [-0.2, 0) is 0 Å². The molecule has 1 rings (SSSR count). The summed E-state index contributed by atoms with van der Waals surface area (Å²) in [6.45, 7) is 5.87. The van der Waals surface area contributed by atoms with Crippen LogP contribution in [-0.4, -0.2) is 33.6 Å². The van der Waals surface area contributed by atoms with E-state index in [1.807, 2.05) is 12.2 Å². The van der Waals surface area contributed by atoms with Crippen molar-refractivity contribution < 1.29 is 15.3 Å². The maximum absolute atomic E-state index is 10.2. The Hall–Kier alpha value is -0.640. The van der Waals surface area contributed by atoms with Crippen molar-refractivity contribution >= 4 is 0 Å². The zero-order valence-electron chi connectivity index (χ0n) is 11.6. The lowest BCUT2D eigenvalue weighted by Crippen LogP contribution is -2.27. The second kappa shape index (κ2) is 6.50. The van der Waals surface area contributed by atoms with Crippen molar-refractivity contribution in [3.05, 3.63) is 23.8 Å². The fourth-order valence-electron chi connectivity index (χ4n) is 2.38. The fourth-order valence-corrected chi connectivity index (χ4v) is 2.38. The first-order valence-electron chi connectivity index (χ1n) is 6.74. The van der Waals surface area contributed by atoms with Crippen molar-refractivity contribution in [1.29, 1.82) is 0 Å². The summed E-state index contributed by atoms with van der Waals surface area (Å²) >= 11 is 0. The normalized spacial score (nSPS) is 39.2. The Kier molecular flexibility index (Phi) is 5.57. The summed E-state index contributed by atoms with van der Waals surface area (Å²) in [5.41, 5.74) is 0.0145. The molecule has 104 valence electrons. The van der Waals surface area contributed by atoms with Crippen LogP contribution in [0.2, 0.25) is 0 Å². The van der Waals surface area contributed by atoms with E-state index < -0.39 is 11.7 Å². The molecule has 0 heterocycles. The highest BCUT2D eigenvalue weighted by Crippen LogP contribution is 2.26. The summed E-state index contributed by atoms with van der Waals surface area (Å²) in [5, 5.41) is 29.7. The topological polar surface area (TPSA) is 60.7 Å². The minimum Gasteiger partial charge on any atom is -0.392 e. The molecule has 0 aliphatic heterocycles. The average Bonchev–Trinajstić information content (AvgIpc) is 2.26. The second-order valence-electron chi connectivity index (χ2n) is 5.87. The van der Waals surface area contributed by atoms with Gasteiger partial charge in [-0.25, -0.2) is 0 Å². The van der Waals surface area contributed by atoms with Crippen LogP contribution in [0.1, 0.15) is 40.0 Å². The molecule has 0 radical (unpaired) electrons. The molecule has 18 heavy (non-hydrogen) atoms. The van der Waals surface area contributed by atoms with E-state index in [9.17, 15) is 15.3 Å². The van der Waals surface area contributed by atoms with Crippen LogP contribution in [0.25, 0.3) is 0 Å². The van der Waals surface area contributed by atoms with Gasteiger partial charge in [-0.2, -0.15) is 0 Å². The number of aliphatic hydroxyl groups is 3. The van der Waals surface area contributed by atoms with E-state index in [1.165, 1.54) is 0 Å². The molecule has 1 aliphatic carbocycles. The first kappa shape index (κ1) is 15.4. The Morgan fingerprint density at radius 3 is 2.67 bits per heavy atom. The van der Waals surface area contributed by atoms with Crippen LogP contribution in [0.15, 0.2) is 23.8 Å². The highest BCUT2D eigenvalue weighted by Gasteiger charge is 2.24. The number of allylic oxidation sites excluding steroid dienone is 1. The number of hydrogen-bond donors (Lipinski definition) is 3. The fraction of sp³-hybridized carbons (Fsp3) is 0.733. The van der Waals surface area contributed by atoms with Crippen LogP contribution in [0.4, 0.5) is 0 Å². The van der Waals surface area contributed by atoms with Gasteiger partial charge < -0.3 is 15.3 Å². The molecule has 0 aromatic carbocycles. The Morgan fingerprint density at radius 1 is 1.44 bits per heavy atom. The molecule has 0 bridgehead atoms. The van der Waals surface area contributed by atoms with Crippen molar-refractivity contribution in [3.8, 4) is 0 Å². The van der Waals surface area contributed by atoms with Gasteiger partial charge in [-0.1, -0.05) is 32.1 Å². The first-order chi connectivity index (χ1) is 8.35. The summed E-state index contributed by atoms with van der Waals surface area (Å²) in [7, 11) is 0. The molecular formula is C15H26O3. The van der Waals surface area contributed by atoms with Crippen LogP contribution in [0.3, 0.4) is 0 Å². The molecule has 3 N–H and O–H groups in total. The highest BCUT2D eigenvalue weighted by atomic mass is 16.3. The molecule has 0 aromatic heterocycles. The van der Waals surface area contributed by atoms with E-state index in [1.54, 1.807) is 13.0 Å². The predicted molar refractivity (Wildman–Crippen MR) is 73.1 cm³/mol. The molecule has 0 amide bonds. The summed E-state index contributed by atoms with van der Waals surface area (Å²) in [6.07, 6.45) is 7.02. The number of aliphatic hydroxyl groups excluding tert-OH is 2. The summed E-state index contributed by atoms with van der Waals surface area (Å²) in [4.78, 5) is 0. The third-order valence-corrected chi connectivity index (χ3v) is 3.65. The Labute approximate surface area is 110 Å². The van der Waals surface area contributed by atoms with E-state index in [-0.39, 0.29) is 12.5 Å². The van der Waals surface area contributed by atoms with Gasteiger partial charge in [0.05, 0.1) is 18.3 Å². The van der Waals surface area contributed by atoms with Gasteiger partial charge in [-0.05, 0) is 37.7 Å². The zero-order chi connectivity index (χ0) is 13.8.